The van der Waals surface area contributed by atoms with Crippen molar-refractivity contribution in [3.63, 3.8) is 0 Å². The van der Waals surface area contributed by atoms with E-state index in [2.05, 4.69) is 30.4 Å². The molecule has 0 aliphatic carbocycles. The van der Waals surface area contributed by atoms with E-state index in [9.17, 15) is 4.79 Å². The largest absolute Gasteiger partial charge is 0.288 e. The number of carbonyl (C=O) groups is 1. The average Bonchev–Trinajstić information content (AvgIpc) is 3.21. The maximum absolute atomic E-state index is 12.2. The van der Waals surface area contributed by atoms with Gasteiger partial charge in [0.2, 0.25) is 0 Å². The Kier molecular flexibility index (Phi) is 3.47. The number of hydrogen-bond donors (Lipinski definition) is 1. The number of thiazole rings is 1. The summed E-state index contributed by atoms with van der Waals surface area (Å²) in [5.41, 5.74) is 1.81. The summed E-state index contributed by atoms with van der Waals surface area (Å²) in [6, 6.07) is 7.38. The Hall–Kier alpha value is -3.20. The van der Waals surface area contributed by atoms with Crippen LogP contribution in [0.1, 0.15) is 15.5 Å². The predicted octanol–water partition coefficient (Wildman–Crippen LogP) is 2.20. The molecule has 4 heterocycles. The molecule has 9 heteroatoms. The molecule has 0 aliphatic heterocycles. The van der Waals surface area contributed by atoms with Crippen LogP contribution in [-0.2, 0) is 0 Å². The lowest BCUT2D eigenvalue weighted by molar-refractivity contribution is 0.102. The first-order valence-corrected chi connectivity index (χ1v) is 7.95. The molecule has 8 nitrogen and oxygen atoms in total. The normalized spacial score (nSPS) is 10.9. The van der Waals surface area contributed by atoms with Gasteiger partial charge in [0.1, 0.15) is 5.69 Å². The van der Waals surface area contributed by atoms with Gasteiger partial charge in [-0.05, 0) is 25.1 Å². The van der Waals surface area contributed by atoms with Crippen LogP contribution in [0.25, 0.3) is 17.2 Å². The second kappa shape index (κ2) is 5.78. The Labute approximate surface area is 140 Å². The first-order chi connectivity index (χ1) is 11.7. The highest BCUT2D eigenvalue weighted by atomic mass is 32.1. The van der Waals surface area contributed by atoms with Crippen LogP contribution >= 0.6 is 11.3 Å². The summed E-state index contributed by atoms with van der Waals surface area (Å²) in [5.74, 6) is 0.194. The molecule has 0 aromatic carbocycles. The van der Waals surface area contributed by atoms with Crippen molar-refractivity contribution >= 4 is 29.0 Å². The number of pyridine rings is 1. The van der Waals surface area contributed by atoms with Crippen LogP contribution in [0.4, 0.5) is 5.95 Å². The number of nitrogens with one attached hydrogen (secondary N) is 1. The Bertz CT molecular complexity index is 1020. The molecule has 0 aliphatic rings. The Morgan fingerprint density at radius 3 is 2.83 bits per heavy atom. The number of hydrogen-bond acceptors (Lipinski definition) is 7. The molecule has 24 heavy (non-hydrogen) atoms. The fourth-order valence-electron chi connectivity index (χ4n) is 2.19. The number of rotatable bonds is 3. The fourth-order valence-corrected chi connectivity index (χ4v) is 2.78. The van der Waals surface area contributed by atoms with Crippen molar-refractivity contribution in [2.24, 2.45) is 0 Å². The summed E-state index contributed by atoms with van der Waals surface area (Å²) in [5, 5.41) is 9.46. The van der Waals surface area contributed by atoms with Gasteiger partial charge in [-0.15, -0.1) is 16.4 Å². The molecule has 1 N–H and O–H groups in total. The maximum Gasteiger partial charge on any atom is 0.277 e. The Balaban J connectivity index is 1.70. The molecule has 0 radical (unpaired) electrons. The zero-order chi connectivity index (χ0) is 16.5. The molecule has 4 aromatic rings. The van der Waals surface area contributed by atoms with Gasteiger partial charge in [-0.1, -0.05) is 6.07 Å². The third-order valence-electron chi connectivity index (χ3n) is 3.24. The molecule has 0 saturated heterocycles. The van der Waals surface area contributed by atoms with Crippen LogP contribution < -0.4 is 5.32 Å². The number of carbonyl (C=O) groups excluding carboxylic acids is 1. The Morgan fingerprint density at radius 1 is 1.17 bits per heavy atom. The lowest BCUT2D eigenvalue weighted by atomic mass is 10.2. The van der Waals surface area contributed by atoms with E-state index in [0.29, 0.717) is 11.5 Å². The van der Waals surface area contributed by atoms with Crippen molar-refractivity contribution < 1.29 is 4.79 Å². The third kappa shape index (κ3) is 2.61. The number of aromatic nitrogens is 6. The standard InChI is InChI=1S/C15H11N7OS/c1-9-18-11(8-24-9)13(23)19-14-20-15-17-7-5-12(22(15)21-14)10-4-2-3-6-16-10/h2-8H,1H3,(H,19,21,23). The van der Waals surface area contributed by atoms with Gasteiger partial charge in [0, 0.05) is 17.8 Å². The highest BCUT2D eigenvalue weighted by molar-refractivity contribution is 7.09. The highest BCUT2D eigenvalue weighted by Crippen LogP contribution is 2.17. The minimum absolute atomic E-state index is 0.168. The van der Waals surface area contributed by atoms with E-state index in [0.717, 1.165) is 16.4 Å². The lowest BCUT2D eigenvalue weighted by Crippen LogP contribution is -2.13. The first-order valence-electron chi connectivity index (χ1n) is 7.07. The maximum atomic E-state index is 12.2. The van der Waals surface area contributed by atoms with E-state index in [-0.39, 0.29) is 11.9 Å². The van der Waals surface area contributed by atoms with Crippen molar-refractivity contribution in [3.05, 3.63) is 52.7 Å². The topological polar surface area (TPSA) is 98.0 Å². The molecule has 0 bridgehead atoms. The molecule has 0 fully saturated rings. The second-order valence-electron chi connectivity index (χ2n) is 4.90. The van der Waals surface area contributed by atoms with Gasteiger partial charge in [0.05, 0.1) is 16.4 Å². The van der Waals surface area contributed by atoms with Crippen LogP contribution in [0.15, 0.2) is 42.0 Å². The van der Waals surface area contributed by atoms with E-state index in [4.69, 9.17) is 0 Å². The predicted molar refractivity (Wildman–Crippen MR) is 88.8 cm³/mol. The monoisotopic (exact) mass is 337 g/mol. The van der Waals surface area contributed by atoms with Gasteiger partial charge in [-0.2, -0.15) is 9.50 Å². The minimum Gasteiger partial charge on any atom is -0.288 e. The third-order valence-corrected chi connectivity index (χ3v) is 4.02. The molecule has 118 valence electrons. The number of nitrogens with zero attached hydrogens (tertiary/aromatic N) is 6. The number of fused-ring (bicyclic) bond motifs is 1. The van der Waals surface area contributed by atoms with E-state index >= 15 is 0 Å². The van der Waals surface area contributed by atoms with E-state index in [1.54, 1.807) is 28.4 Å². The summed E-state index contributed by atoms with van der Waals surface area (Å²) < 4.78 is 1.55. The summed E-state index contributed by atoms with van der Waals surface area (Å²) in [7, 11) is 0. The smallest absolute Gasteiger partial charge is 0.277 e. The van der Waals surface area contributed by atoms with E-state index < -0.39 is 0 Å². The first kappa shape index (κ1) is 14.4. The van der Waals surface area contributed by atoms with Gasteiger partial charge < -0.3 is 0 Å². The van der Waals surface area contributed by atoms with Gasteiger partial charge >= 0.3 is 0 Å². The van der Waals surface area contributed by atoms with Gasteiger partial charge in [-0.3, -0.25) is 15.1 Å². The molecule has 4 aromatic heterocycles. The molecule has 1 amide bonds. The van der Waals surface area contributed by atoms with Crippen LogP contribution in [0.5, 0.6) is 0 Å². The van der Waals surface area contributed by atoms with Gasteiger partial charge in [0.15, 0.2) is 0 Å². The van der Waals surface area contributed by atoms with Gasteiger partial charge in [-0.25, -0.2) is 9.97 Å². The van der Waals surface area contributed by atoms with Crippen LogP contribution in [0.2, 0.25) is 0 Å². The van der Waals surface area contributed by atoms with Gasteiger partial charge in [0.25, 0.3) is 17.6 Å². The summed E-state index contributed by atoms with van der Waals surface area (Å²) in [4.78, 5) is 29.0. The van der Waals surface area contributed by atoms with Crippen molar-refractivity contribution in [3.8, 4) is 11.4 Å². The molecule has 0 unspecified atom stereocenters. The van der Waals surface area contributed by atoms with Crippen molar-refractivity contribution in [1.29, 1.82) is 0 Å². The molecule has 0 spiro atoms. The quantitative estimate of drug-likeness (QED) is 0.615. The number of aryl methyl sites for hydroxylation is 1. The average molecular weight is 337 g/mol. The lowest BCUT2D eigenvalue weighted by Gasteiger charge is -2.01. The summed E-state index contributed by atoms with van der Waals surface area (Å²) in [6.45, 7) is 1.84. The van der Waals surface area contributed by atoms with Crippen molar-refractivity contribution in [2.45, 2.75) is 6.92 Å². The number of anilines is 1. The molecule has 0 atom stereocenters. The summed E-state index contributed by atoms with van der Waals surface area (Å²) >= 11 is 1.41. The molecular formula is C15H11N7OS. The van der Waals surface area contributed by atoms with Crippen molar-refractivity contribution in [1.82, 2.24) is 29.5 Å². The van der Waals surface area contributed by atoms with E-state index in [1.165, 1.54) is 11.3 Å². The highest BCUT2D eigenvalue weighted by Gasteiger charge is 2.15. The number of amides is 1. The zero-order valence-corrected chi connectivity index (χ0v) is 13.4. The second-order valence-corrected chi connectivity index (χ2v) is 5.96. The zero-order valence-electron chi connectivity index (χ0n) is 12.5. The van der Waals surface area contributed by atoms with Crippen LogP contribution in [0, 0.1) is 6.92 Å². The fraction of sp³-hybridized carbons (Fsp3) is 0.0667. The molecule has 0 saturated carbocycles. The summed E-state index contributed by atoms with van der Waals surface area (Å²) in [6.07, 6.45) is 3.33. The molecule has 4 rings (SSSR count). The van der Waals surface area contributed by atoms with Crippen LogP contribution in [0.3, 0.4) is 0 Å². The van der Waals surface area contributed by atoms with E-state index in [1.807, 2.05) is 25.1 Å². The van der Waals surface area contributed by atoms with Crippen LogP contribution in [-0.4, -0.2) is 35.5 Å². The SMILES string of the molecule is Cc1nc(C(=O)Nc2nc3nccc(-c4ccccn4)n3n2)cs1. The Morgan fingerprint density at radius 2 is 2.08 bits per heavy atom. The minimum atomic E-state index is -0.352. The van der Waals surface area contributed by atoms with Crippen molar-refractivity contribution in [2.75, 3.05) is 5.32 Å². The molecular weight excluding hydrogens is 326 g/mol.